The van der Waals surface area contributed by atoms with Gasteiger partial charge < -0.3 is 9.64 Å². The number of ether oxygens (including phenoxy) is 1. The van der Waals surface area contributed by atoms with E-state index in [0.29, 0.717) is 17.1 Å². The number of rotatable bonds is 5. The van der Waals surface area contributed by atoms with Gasteiger partial charge in [-0.2, -0.15) is 0 Å². The maximum absolute atomic E-state index is 12.8. The van der Waals surface area contributed by atoms with Crippen molar-refractivity contribution < 1.29 is 9.53 Å². The topological polar surface area (TPSA) is 32.8 Å². The van der Waals surface area contributed by atoms with Gasteiger partial charge >= 0.3 is 0 Å². The molecule has 2 aliphatic rings. The van der Waals surface area contributed by atoms with Crippen LogP contribution >= 0.6 is 11.6 Å². The van der Waals surface area contributed by atoms with E-state index < -0.39 is 0 Å². The first kappa shape index (κ1) is 20.4. The van der Waals surface area contributed by atoms with Crippen molar-refractivity contribution in [2.45, 2.75) is 44.3 Å². The van der Waals surface area contributed by atoms with Crippen LogP contribution < -0.4 is 0 Å². The molecule has 0 bridgehead atoms. The number of carbonyl (C=O) groups excluding carboxylic acids is 1. The van der Waals surface area contributed by atoms with Crippen molar-refractivity contribution in [2.24, 2.45) is 0 Å². The minimum atomic E-state index is 0.112. The number of halogens is 1. The van der Waals surface area contributed by atoms with E-state index in [1.54, 1.807) is 12.1 Å². The Morgan fingerprint density at radius 2 is 1.55 bits per heavy atom. The molecule has 2 heterocycles. The van der Waals surface area contributed by atoms with Crippen LogP contribution in [0.5, 0.6) is 0 Å². The second-order valence-electron chi connectivity index (χ2n) is 8.03. The highest BCUT2D eigenvalue weighted by atomic mass is 35.5. The smallest absolute Gasteiger partial charge is 0.253 e. The molecule has 0 atom stereocenters. The summed E-state index contributed by atoms with van der Waals surface area (Å²) in [7, 11) is 0. The van der Waals surface area contributed by atoms with Crippen LogP contribution in [-0.2, 0) is 11.3 Å². The predicted molar refractivity (Wildman–Crippen MR) is 116 cm³/mol. The Morgan fingerprint density at radius 1 is 0.931 bits per heavy atom. The summed E-state index contributed by atoms with van der Waals surface area (Å²) >= 11 is 5.96. The van der Waals surface area contributed by atoms with Gasteiger partial charge in [0.2, 0.25) is 0 Å². The average molecular weight is 413 g/mol. The lowest BCUT2D eigenvalue weighted by Gasteiger charge is -2.43. The molecule has 2 saturated heterocycles. The van der Waals surface area contributed by atoms with E-state index in [1.165, 1.54) is 5.56 Å². The maximum atomic E-state index is 12.8. The second kappa shape index (κ2) is 9.75. The van der Waals surface area contributed by atoms with Crippen LogP contribution in [-0.4, -0.2) is 54.1 Å². The van der Waals surface area contributed by atoms with Gasteiger partial charge in [-0.3, -0.25) is 9.69 Å². The summed E-state index contributed by atoms with van der Waals surface area (Å²) in [6.07, 6.45) is 4.22. The molecular formula is C24H29ClN2O2. The number of benzene rings is 2. The molecule has 4 nitrogen and oxygen atoms in total. The van der Waals surface area contributed by atoms with Crippen LogP contribution in [0.15, 0.2) is 54.6 Å². The Hall–Kier alpha value is -1.88. The highest BCUT2D eigenvalue weighted by Gasteiger charge is 2.32. The molecule has 0 N–H and O–H groups in total. The number of piperidine rings is 1. The highest BCUT2D eigenvalue weighted by molar-refractivity contribution is 6.30. The van der Waals surface area contributed by atoms with E-state index in [4.69, 9.17) is 16.3 Å². The van der Waals surface area contributed by atoms with Gasteiger partial charge in [0.15, 0.2) is 0 Å². The van der Waals surface area contributed by atoms with Gasteiger partial charge in [-0.25, -0.2) is 0 Å². The first-order valence-corrected chi connectivity index (χ1v) is 11.0. The number of hydrogen-bond acceptors (Lipinski definition) is 3. The summed E-state index contributed by atoms with van der Waals surface area (Å²) in [5.41, 5.74) is 2.08. The first-order chi connectivity index (χ1) is 14.2. The van der Waals surface area contributed by atoms with E-state index in [0.717, 1.165) is 64.1 Å². The Morgan fingerprint density at radius 3 is 2.21 bits per heavy atom. The van der Waals surface area contributed by atoms with Crippen molar-refractivity contribution in [2.75, 3.05) is 26.3 Å². The van der Waals surface area contributed by atoms with Crippen molar-refractivity contribution >= 4 is 17.5 Å². The second-order valence-corrected chi connectivity index (χ2v) is 8.47. The average Bonchev–Trinajstić information content (AvgIpc) is 2.79. The lowest BCUT2D eigenvalue weighted by molar-refractivity contribution is -0.00148. The molecule has 0 aliphatic carbocycles. The van der Waals surface area contributed by atoms with Crippen molar-refractivity contribution in [3.05, 3.63) is 70.7 Å². The predicted octanol–water partition coefficient (Wildman–Crippen LogP) is 4.63. The van der Waals surface area contributed by atoms with Gasteiger partial charge in [0.05, 0.1) is 0 Å². The summed E-state index contributed by atoms with van der Waals surface area (Å²) in [6.45, 7) is 4.29. The fourth-order valence-corrected chi connectivity index (χ4v) is 4.67. The number of hydrogen-bond donors (Lipinski definition) is 0. The van der Waals surface area contributed by atoms with Crippen molar-refractivity contribution in [1.29, 1.82) is 0 Å². The normalized spacial score (nSPS) is 18.9. The Labute approximate surface area is 178 Å². The molecule has 0 spiro atoms. The van der Waals surface area contributed by atoms with E-state index >= 15 is 0 Å². The van der Waals surface area contributed by atoms with Crippen molar-refractivity contribution in [3.63, 3.8) is 0 Å². The maximum Gasteiger partial charge on any atom is 0.253 e. The van der Waals surface area contributed by atoms with Gasteiger partial charge in [-0.15, -0.1) is 0 Å². The van der Waals surface area contributed by atoms with Crippen LogP contribution in [0.2, 0.25) is 5.02 Å². The summed E-state index contributed by atoms with van der Waals surface area (Å²) in [5.74, 6) is 0.112. The van der Waals surface area contributed by atoms with Crippen LogP contribution in [0, 0.1) is 0 Å². The zero-order chi connectivity index (χ0) is 20.1. The molecule has 0 radical (unpaired) electrons. The van der Waals surface area contributed by atoms with Gasteiger partial charge in [-0.05, 0) is 55.5 Å². The van der Waals surface area contributed by atoms with E-state index in [9.17, 15) is 4.79 Å². The Balaban J connectivity index is 1.41. The molecule has 2 aromatic carbocycles. The molecule has 4 rings (SSSR count). The largest absolute Gasteiger partial charge is 0.381 e. The van der Waals surface area contributed by atoms with Gasteiger partial charge in [0.1, 0.15) is 0 Å². The van der Waals surface area contributed by atoms with Crippen molar-refractivity contribution in [1.82, 2.24) is 9.80 Å². The summed E-state index contributed by atoms with van der Waals surface area (Å²) in [6, 6.07) is 19.0. The minimum Gasteiger partial charge on any atom is -0.381 e. The van der Waals surface area contributed by atoms with Crippen LogP contribution in [0.1, 0.15) is 41.6 Å². The number of carbonyl (C=O) groups is 1. The standard InChI is InChI=1S/C24H29ClN2O2/c25-21-8-6-20(7-9-21)24(28)26-14-10-22(11-15-26)27(23-12-16-29-17-13-23)18-19-4-2-1-3-5-19/h1-9,22-23H,10-18H2. The lowest BCUT2D eigenvalue weighted by atomic mass is 9.96. The SMILES string of the molecule is O=C(c1ccc(Cl)cc1)N1CCC(N(Cc2ccccc2)C2CCOCC2)CC1. The highest BCUT2D eigenvalue weighted by Crippen LogP contribution is 2.26. The lowest BCUT2D eigenvalue weighted by Crippen LogP contribution is -2.51. The third-order valence-corrected chi connectivity index (χ3v) is 6.43. The molecule has 5 heteroatoms. The van der Waals surface area contributed by atoms with Crippen LogP contribution in [0.3, 0.4) is 0 Å². The first-order valence-electron chi connectivity index (χ1n) is 10.6. The minimum absolute atomic E-state index is 0.112. The van der Waals surface area contributed by atoms with Crippen molar-refractivity contribution in [3.8, 4) is 0 Å². The zero-order valence-corrected chi connectivity index (χ0v) is 17.6. The molecule has 0 aromatic heterocycles. The van der Waals surface area contributed by atoms with Gasteiger partial charge in [-0.1, -0.05) is 41.9 Å². The number of amides is 1. The summed E-state index contributed by atoms with van der Waals surface area (Å²) < 4.78 is 5.60. The zero-order valence-electron chi connectivity index (χ0n) is 16.8. The van der Waals surface area contributed by atoms with E-state index in [2.05, 4.69) is 35.2 Å². The molecule has 2 aromatic rings. The van der Waals surface area contributed by atoms with Gasteiger partial charge in [0, 0.05) is 55.5 Å². The molecule has 2 aliphatic heterocycles. The third kappa shape index (κ3) is 5.19. The molecule has 29 heavy (non-hydrogen) atoms. The quantitative estimate of drug-likeness (QED) is 0.718. The fraction of sp³-hybridized carbons (Fsp3) is 0.458. The molecule has 1 amide bonds. The van der Waals surface area contributed by atoms with Gasteiger partial charge in [0.25, 0.3) is 5.91 Å². The fourth-order valence-electron chi connectivity index (χ4n) is 4.54. The number of likely N-dealkylation sites (tertiary alicyclic amines) is 1. The summed E-state index contributed by atoms with van der Waals surface area (Å²) in [4.78, 5) is 17.5. The summed E-state index contributed by atoms with van der Waals surface area (Å²) in [5, 5.41) is 0.660. The van der Waals surface area contributed by atoms with Crippen LogP contribution in [0.25, 0.3) is 0 Å². The number of nitrogens with zero attached hydrogens (tertiary/aromatic N) is 2. The molecule has 154 valence electrons. The third-order valence-electron chi connectivity index (χ3n) is 6.18. The Bertz CT molecular complexity index is 782. The Kier molecular flexibility index (Phi) is 6.86. The van der Waals surface area contributed by atoms with Crippen LogP contribution in [0.4, 0.5) is 0 Å². The molecule has 0 saturated carbocycles. The van der Waals surface area contributed by atoms with E-state index in [1.807, 2.05) is 17.0 Å². The monoisotopic (exact) mass is 412 g/mol. The molecule has 0 unspecified atom stereocenters. The molecular weight excluding hydrogens is 384 g/mol. The van der Waals surface area contributed by atoms with E-state index in [-0.39, 0.29) is 5.91 Å². The molecule has 2 fully saturated rings.